The molecule has 0 spiro atoms. The molecule has 0 bridgehead atoms. The highest BCUT2D eigenvalue weighted by molar-refractivity contribution is 6.32. The van der Waals surface area contributed by atoms with E-state index in [2.05, 4.69) is 66.7 Å². The Morgan fingerprint density at radius 1 is 0.419 bits per heavy atom. The largest absolute Gasteiger partial charge is 0.228 e. The van der Waals surface area contributed by atoms with Gasteiger partial charge >= 0.3 is 0 Å². The second-order valence-electron chi connectivity index (χ2n) is 7.40. The molecule has 0 saturated carbocycles. The van der Waals surface area contributed by atoms with Gasteiger partial charge in [-0.15, -0.1) is 0 Å². The van der Waals surface area contributed by atoms with Gasteiger partial charge in [0.15, 0.2) is 5.82 Å². The predicted octanol–water partition coefficient (Wildman–Crippen LogP) is 5.94. The van der Waals surface area contributed by atoms with Gasteiger partial charge in [-0.1, -0.05) is 109 Å². The Bertz CT molecular complexity index is 1310. The zero-order valence-electron chi connectivity index (χ0n) is 16.9. The van der Waals surface area contributed by atoms with E-state index in [9.17, 15) is 0 Å². The lowest BCUT2D eigenvalue weighted by Gasteiger charge is -2.11. The average molecular weight is 394 g/mol. The van der Waals surface area contributed by atoms with Gasteiger partial charge in [-0.3, -0.25) is 0 Å². The fourth-order valence-electron chi connectivity index (χ4n) is 3.60. The molecular formula is C28H19BN2. The Morgan fingerprint density at radius 2 is 0.968 bits per heavy atom. The minimum Gasteiger partial charge on any atom is -0.228 e. The molecule has 5 rings (SSSR count). The number of nitrogens with zero attached hydrogens (tertiary/aromatic N) is 2. The molecule has 144 valence electrons. The highest BCUT2D eigenvalue weighted by atomic mass is 14.9. The highest BCUT2D eigenvalue weighted by Gasteiger charge is 2.11. The average Bonchev–Trinajstić information content (AvgIpc) is 2.85. The maximum absolute atomic E-state index is 5.88. The summed E-state index contributed by atoms with van der Waals surface area (Å²) in [6.07, 6.45) is 0. The second kappa shape index (κ2) is 8.41. The molecule has 3 heteroatoms. The molecule has 0 aliphatic carbocycles. The van der Waals surface area contributed by atoms with Gasteiger partial charge in [0.25, 0.3) is 0 Å². The third-order valence-corrected chi connectivity index (χ3v) is 5.23. The van der Waals surface area contributed by atoms with Crippen LogP contribution >= 0.6 is 0 Å². The lowest BCUT2D eigenvalue weighted by atomic mass is 9.95. The minimum atomic E-state index is 0.682. The number of hydrogen-bond acceptors (Lipinski definition) is 2. The molecule has 0 atom stereocenters. The summed E-state index contributed by atoms with van der Waals surface area (Å²) in [5.41, 5.74) is 7.89. The summed E-state index contributed by atoms with van der Waals surface area (Å²) in [6.45, 7) is 0. The van der Waals surface area contributed by atoms with Gasteiger partial charge in [0.1, 0.15) is 7.85 Å². The van der Waals surface area contributed by atoms with Crippen molar-refractivity contribution >= 4 is 13.3 Å². The van der Waals surface area contributed by atoms with Gasteiger partial charge in [-0.05, 0) is 23.3 Å². The van der Waals surface area contributed by atoms with E-state index >= 15 is 0 Å². The molecule has 0 N–H and O–H groups in total. The highest BCUT2D eigenvalue weighted by Crippen LogP contribution is 2.29. The molecular weight excluding hydrogens is 375 g/mol. The van der Waals surface area contributed by atoms with Crippen LogP contribution in [0.5, 0.6) is 0 Å². The van der Waals surface area contributed by atoms with Crippen LogP contribution in [0.1, 0.15) is 0 Å². The van der Waals surface area contributed by atoms with Crippen LogP contribution in [0.15, 0.2) is 115 Å². The van der Waals surface area contributed by atoms with Crippen LogP contribution in [-0.4, -0.2) is 17.8 Å². The fourth-order valence-corrected chi connectivity index (χ4v) is 3.60. The topological polar surface area (TPSA) is 25.8 Å². The quantitative estimate of drug-likeness (QED) is 0.353. The van der Waals surface area contributed by atoms with Crippen molar-refractivity contribution in [2.75, 3.05) is 0 Å². The summed E-state index contributed by atoms with van der Waals surface area (Å²) in [5.74, 6) is 0.682. The lowest BCUT2D eigenvalue weighted by Crippen LogP contribution is -2.01. The van der Waals surface area contributed by atoms with E-state index in [-0.39, 0.29) is 0 Å². The van der Waals surface area contributed by atoms with E-state index in [0.29, 0.717) is 5.82 Å². The van der Waals surface area contributed by atoms with Crippen molar-refractivity contribution in [3.63, 3.8) is 0 Å². The van der Waals surface area contributed by atoms with Crippen molar-refractivity contribution in [3.8, 4) is 45.0 Å². The van der Waals surface area contributed by atoms with E-state index in [4.69, 9.17) is 17.8 Å². The van der Waals surface area contributed by atoms with Crippen molar-refractivity contribution < 1.29 is 0 Å². The van der Waals surface area contributed by atoms with Gasteiger partial charge in [-0.25, -0.2) is 9.97 Å². The van der Waals surface area contributed by atoms with Crippen LogP contribution in [0.25, 0.3) is 45.0 Å². The molecule has 0 fully saturated rings. The molecule has 0 amide bonds. The third-order valence-electron chi connectivity index (χ3n) is 5.23. The van der Waals surface area contributed by atoms with Gasteiger partial charge < -0.3 is 0 Å². The van der Waals surface area contributed by atoms with Crippen LogP contribution in [0.3, 0.4) is 0 Å². The van der Waals surface area contributed by atoms with E-state index in [0.717, 1.165) is 39.1 Å². The monoisotopic (exact) mass is 394 g/mol. The maximum Gasteiger partial charge on any atom is 0.160 e. The third kappa shape index (κ3) is 4.17. The van der Waals surface area contributed by atoms with Crippen LogP contribution < -0.4 is 5.46 Å². The summed E-state index contributed by atoms with van der Waals surface area (Å²) >= 11 is 0. The Labute approximate surface area is 183 Å². The second-order valence-corrected chi connectivity index (χ2v) is 7.40. The zero-order chi connectivity index (χ0) is 21.0. The summed E-state index contributed by atoms with van der Waals surface area (Å²) in [6, 6.07) is 38.8. The van der Waals surface area contributed by atoms with E-state index < -0.39 is 0 Å². The molecule has 0 aliphatic heterocycles. The Morgan fingerprint density at radius 3 is 1.65 bits per heavy atom. The Balaban J connectivity index is 1.66. The van der Waals surface area contributed by atoms with Crippen LogP contribution in [-0.2, 0) is 0 Å². The molecule has 0 saturated heterocycles. The van der Waals surface area contributed by atoms with Gasteiger partial charge in [0.2, 0.25) is 0 Å². The minimum absolute atomic E-state index is 0.682. The van der Waals surface area contributed by atoms with Crippen molar-refractivity contribution in [1.82, 2.24) is 9.97 Å². The smallest absolute Gasteiger partial charge is 0.160 e. The van der Waals surface area contributed by atoms with Crippen molar-refractivity contribution in [1.29, 1.82) is 0 Å². The summed E-state index contributed by atoms with van der Waals surface area (Å²) < 4.78 is 0. The standard InChI is InChI=1S/C28H19BN2/c29-25-16-14-22(15-17-25)28-30-26(21-10-5-2-6-11-21)19-27(31-28)24-13-7-12-23(18-24)20-8-3-1-4-9-20/h1-19H. The normalized spacial score (nSPS) is 10.7. The summed E-state index contributed by atoms with van der Waals surface area (Å²) in [7, 11) is 5.88. The van der Waals surface area contributed by atoms with Crippen LogP contribution in [0.2, 0.25) is 0 Å². The maximum atomic E-state index is 5.88. The van der Waals surface area contributed by atoms with Crippen molar-refractivity contribution in [2.24, 2.45) is 0 Å². The van der Waals surface area contributed by atoms with Crippen molar-refractivity contribution in [2.45, 2.75) is 0 Å². The fraction of sp³-hybridized carbons (Fsp3) is 0. The SMILES string of the molecule is [B]c1ccc(-c2nc(-c3ccccc3)cc(-c3cccc(-c4ccccc4)c3)n2)cc1. The van der Waals surface area contributed by atoms with E-state index in [1.54, 1.807) is 0 Å². The Hall–Kier alpha value is -3.98. The first-order valence-electron chi connectivity index (χ1n) is 10.2. The van der Waals surface area contributed by atoms with Crippen LogP contribution in [0, 0.1) is 0 Å². The molecule has 2 nitrogen and oxygen atoms in total. The number of benzene rings is 4. The van der Waals surface area contributed by atoms with Crippen molar-refractivity contribution in [3.05, 3.63) is 115 Å². The predicted molar refractivity (Wildman–Crippen MR) is 129 cm³/mol. The zero-order valence-corrected chi connectivity index (χ0v) is 16.9. The van der Waals surface area contributed by atoms with E-state index in [1.165, 1.54) is 5.56 Å². The lowest BCUT2D eigenvalue weighted by molar-refractivity contribution is 1.18. The molecule has 1 aromatic heterocycles. The van der Waals surface area contributed by atoms with Crippen LogP contribution in [0.4, 0.5) is 0 Å². The Kier molecular flexibility index (Phi) is 5.16. The first-order valence-corrected chi connectivity index (χ1v) is 10.2. The molecule has 31 heavy (non-hydrogen) atoms. The number of aromatic nitrogens is 2. The molecule has 4 aromatic carbocycles. The first-order chi connectivity index (χ1) is 15.3. The number of hydrogen-bond donors (Lipinski definition) is 0. The molecule has 0 unspecified atom stereocenters. The summed E-state index contributed by atoms with van der Waals surface area (Å²) in [4.78, 5) is 9.77. The summed E-state index contributed by atoms with van der Waals surface area (Å²) in [5, 5.41) is 0. The molecule has 2 radical (unpaired) electrons. The van der Waals surface area contributed by atoms with E-state index in [1.807, 2.05) is 48.5 Å². The first kappa shape index (κ1) is 19.0. The molecule has 0 aliphatic rings. The molecule has 1 heterocycles. The van der Waals surface area contributed by atoms with Gasteiger partial charge in [0.05, 0.1) is 11.4 Å². The van der Waals surface area contributed by atoms with Gasteiger partial charge in [-0.2, -0.15) is 0 Å². The number of rotatable bonds is 4. The van der Waals surface area contributed by atoms with Gasteiger partial charge in [0, 0.05) is 16.7 Å². The molecule has 5 aromatic rings.